The third kappa shape index (κ3) is 3.58. The van der Waals surface area contributed by atoms with E-state index in [1.165, 1.54) is 17.0 Å². The minimum Gasteiger partial charge on any atom is -0.339 e. The van der Waals surface area contributed by atoms with E-state index in [1.807, 2.05) is 16.9 Å². The zero-order valence-electron chi connectivity index (χ0n) is 12.9. The average molecular weight is 338 g/mol. The van der Waals surface area contributed by atoms with E-state index in [9.17, 15) is 18.0 Å². The molecule has 24 heavy (non-hydrogen) atoms. The first-order valence-electron chi connectivity index (χ1n) is 7.74. The Kier molecular flexibility index (Phi) is 4.55. The summed E-state index contributed by atoms with van der Waals surface area (Å²) >= 11 is 0. The fourth-order valence-electron chi connectivity index (χ4n) is 2.97. The second-order valence-corrected chi connectivity index (χ2v) is 5.86. The van der Waals surface area contributed by atoms with Crippen LogP contribution >= 0.6 is 0 Å². The zero-order chi connectivity index (χ0) is 17.2. The lowest BCUT2D eigenvalue weighted by Crippen LogP contribution is -2.40. The van der Waals surface area contributed by atoms with Gasteiger partial charge in [-0.15, -0.1) is 0 Å². The molecule has 128 valence electrons. The van der Waals surface area contributed by atoms with Crippen molar-refractivity contribution in [2.45, 2.75) is 25.6 Å². The van der Waals surface area contributed by atoms with Gasteiger partial charge in [0.1, 0.15) is 0 Å². The molecule has 2 aromatic rings. The number of hydrogen-bond acceptors (Lipinski definition) is 3. The maximum Gasteiger partial charge on any atom is 0.434 e. The number of nitrogens with zero attached hydrogens (tertiary/aromatic N) is 4. The van der Waals surface area contributed by atoms with Crippen LogP contribution in [-0.4, -0.2) is 38.7 Å². The number of carbonyl (C=O) groups excluding carboxylic acids is 1. The maximum absolute atomic E-state index is 13.0. The Hall–Kier alpha value is -2.38. The average Bonchev–Trinajstić information content (AvgIpc) is 3.07. The van der Waals surface area contributed by atoms with Gasteiger partial charge < -0.3 is 4.90 Å². The van der Waals surface area contributed by atoms with Crippen LogP contribution in [0.15, 0.2) is 36.8 Å². The van der Waals surface area contributed by atoms with Crippen molar-refractivity contribution >= 4 is 5.91 Å². The van der Waals surface area contributed by atoms with Gasteiger partial charge in [-0.3, -0.25) is 14.5 Å². The fraction of sp³-hybridized carbons (Fsp3) is 0.438. The van der Waals surface area contributed by atoms with Crippen molar-refractivity contribution in [3.05, 3.63) is 48.0 Å². The molecule has 3 heterocycles. The second-order valence-electron chi connectivity index (χ2n) is 5.86. The van der Waals surface area contributed by atoms with E-state index in [-0.39, 0.29) is 5.56 Å². The molecule has 1 aliphatic heterocycles. The van der Waals surface area contributed by atoms with Crippen molar-refractivity contribution in [2.24, 2.45) is 5.92 Å². The van der Waals surface area contributed by atoms with Crippen molar-refractivity contribution < 1.29 is 18.0 Å². The highest BCUT2D eigenvalue weighted by molar-refractivity contribution is 5.95. The minimum absolute atomic E-state index is 0.366. The molecule has 0 N–H and O–H groups in total. The molecule has 0 aromatic carbocycles. The van der Waals surface area contributed by atoms with Gasteiger partial charge in [0.15, 0.2) is 5.69 Å². The Bertz CT molecular complexity index is 692. The molecular weight excluding hydrogens is 321 g/mol. The van der Waals surface area contributed by atoms with Crippen LogP contribution in [0.3, 0.4) is 0 Å². The summed E-state index contributed by atoms with van der Waals surface area (Å²) in [6.07, 6.45) is 1.49. The Morgan fingerprint density at radius 1 is 1.21 bits per heavy atom. The first-order chi connectivity index (χ1) is 11.4. The number of hydrogen-bond donors (Lipinski definition) is 0. The van der Waals surface area contributed by atoms with Gasteiger partial charge in [-0.25, -0.2) is 0 Å². The first-order valence-corrected chi connectivity index (χ1v) is 7.74. The Morgan fingerprint density at radius 3 is 2.58 bits per heavy atom. The molecule has 0 spiro atoms. The molecule has 8 heteroatoms. The first kappa shape index (κ1) is 16.5. The predicted molar refractivity (Wildman–Crippen MR) is 80.1 cm³/mol. The topological polar surface area (TPSA) is 51.0 Å². The highest BCUT2D eigenvalue weighted by Gasteiger charge is 2.38. The fourth-order valence-corrected chi connectivity index (χ4v) is 2.97. The third-order valence-electron chi connectivity index (χ3n) is 4.21. The summed E-state index contributed by atoms with van der Waals surface area (Å²) in [4.78, 5) is 17.3. The molecule has 0 saturated carbocycles. The Morgan fingerprint density at radius 2 is 1.96 bits per heavy atom. The maximum atomic E-state index is 13.0. The normalized spacial score (nSPS) is 16.4. The van der Waals surface area contributed by atoms with Crippen LogP contribution in [0.5, 0.6) is 0 Å². The number of amides is 1. The second kappa shape index (κ2) is 6.62. The van der Waals surface area contributed by atoms with Gasteiger partial charge in [-0.05, 0) is 37.0 Å². The SMILES string of the molecule is O=C(c1cccnc1C(F)(F)F)N1CCC(Cn2cccn2)CC1. The summed E-state index contributed by atoms with van der Waals surface area (Å²) in [5, 5.41) is 4.15. The Labute approximate surface area is 137 Å². The van der Waals surface area contributed by atoms with Gasteiger partial charge in [0.2, 0.25) is 0 Å². The summed E-state index contributed by atoms with van der Waals surface area (Å²) in [6.45, 7) is 1.64. The van der Waals surface area contributed by atoms with Crippen LogP contribution in [-0.2, 0) is 12.7 Å². The van der Waals surface area contributed by atoms with Gasteiger partial charge in [-0.2, -0.15) is 18.3 Å². The lowest BCUT2D eigenvalue weighted by molar-refractivity contribution is -0.141. The highest BCUT2D eigenvalue weighted by Crippen LogP contribution is 2.31. The molecule has 3 rings (SSSR count). The number of likely N-dealkylation sites (tertiary alicyclic amines) is 1. The van der Waals surface area contributed by atoms with Crippen molar-refractivity contribution in [1.82, 2.24) is 19.7 Å². The smallest absolute Gasteiger partial charge is 0.339 e. The number of halogens is 3. The molecule has 0 aliphatic carbocycles. The van der Waals surface area contributed by atoms with E-state index in [4.69, 9.17) is 0 Å². The number of rotatable bonds is 3. The molecule has 5 nitrogen and oxygen atoms in total. The van der Waals surface area contributed by atoms with Crippen molar-refractivity contribution in [3.63, 3.8) is 0 Å². The predicted octanol–water partition coefficient (Wildman–Crippen LogP) is 2.85. The number of carbonyl (C=O) groups is 1. The van der Waals surface area contributed by atoms with Crippen LogP contribution in [0.2, 0.25) is 0 Å². The van der Waals surface area contributed by atoms with Crippen molar-refractivity contribution in [3.8, 4) is 0 Å². The standard InChI is InChI=1S/C16H17F3N4O/c17-16(18,19)14-13(3-1-6-20-14)15(24)22-9-4-12(5-10-22)11-23-8-2-7-21-23/h1-3,6-8,12H,4-5,9-11H2. The number of alkyl halides is 3. The van der Waals surface area contributed by atoms with Gasteiger partial charge in [0.25, 0.3) is 5.91 Å². The largest absolute Gasteiger partial charge is 0.434 e. The third-order valence-corrected chi connectivity index (χ3v) is 4.21. The van der Waals surface area contributed by atoms with Crippen LogP contribution in [0.25, 0.3) is 0 Å². The summed E-state index contributed by atoms with van der Waals surface area (Å²) in [5.74, 6) is -0.238. The lowest BCUT2D eigenvalue weighted by Gasteiger charge is -2.32. The minimum atomic E-state index is -4.63. The molecule has 0 atom stereocenters. The number of aromatic nitrogens is 3. The van der Waals surface area contributed by atoms with E-state index in [1.54, 1.807) is 6.20 Å². The number of piperidine rings is 1. The highest BCUT2D eigenvalue weighted by atomic mass is 19.4. The molecule has 0 bridgehead atoms. The van der Waals surface area contributed by atoms with Crippen molar-refractivity contribution in [2.75, 3.05) is 13.1 Å². The molecule has 2 aromatic heterocycles. The van der Waals surface area contributed by atoms with Crippen molar-refractivity contribution in [1.29, 1.82) is 0 Å². The van der Waals surface area contributed by atoms with Gasteiger partial charge in [0, 0.05) is 38.2 Å². The number of pyridine rings is 1. The van der Waals surface area contributed by atoms with E-state index in [0.717, 1.165) is 25.6 Å². The molecule has 1 aliphatic rings. The monoisotopic (exact) mass is 338 g/mol. The van der Waals surface area contributed by atoms with Crippen LogP contribution in [0.4, 0.5) is 13.2 Å². The zero-order valence-corrected chi connectivity index (χ0v) is 12.9. The van der Waals surface area contributed by atoms with Gasteiger partial charge in [-0.1, -0.05) is 0 Å². The Balaban J connectivity index is 1.66. The van der Waals surface area contributed by atoms with E-state index in [2.05, 4.69) is 10.1 Å². The molecular formula is C16H17F3N4O. The molecule has 1 saturated heterocycles. The van der Waals surface area contributed by atoms with Gasteiger partial charge >= 0.3 is 6.18 Å². The van der Waals surface area contributed by atoms with Gasteiger partial charge in [0.05, 0.1) is 5.56 Å². The van der Waals surface area contributed by atoms with Crippen LogP contribution < -0.4 is 0 Å². The molecule has 1 fully saturated rings. The molecule has 0 radical (unpaired) electrons. The summed E-state index contributed by atoms with van der Waals surface area (Å²) in [5.41, 5.74) is -1.50. The van der Waals surface area contributed by atoms with E-state index >= 15 is 0 Å². The van der Waals surface area contributed by atoms with E-state index in [0.29, 0.717) is 19.0 Å². The quantitative estimate of drug-likeness (QED) is 0.865. The summed E-state index contributed by atoms with van der Waals surface area (Å²) in [6, 6.07) is 4.39. The van der Waals surface area contributed by atoms with Crippen LogP contribution in [0, 0.1) is 5.92 Å². The lowest BCUT2D eigenvalue weighted by atomic mass is 9.96. The van der Waals surface area contributed by atoms with Crippen LogP contribution in [0.1, 0.15) is 28.9 Å². The van der Waals surface area contributed by atoms with E-state index < -0.39 is 17.8 Å². The molecule has 1 amide bonds. The molecule has 0 unspecified atom stereocenters. The summed E-state index contributed by atoms with van der Waals surface area (Å²) < 4.78 is 40.9. The summed E-state index contributed by atoms with van der Waals surface area (Å²) in [7, 11) is 0.